The number of aliphatic hydroxyl groups is 3. The van der Waals surface area contributed by atoms with Gasteiger partial charge in [0.2, 0.25) is 0 Å². The van der Waals surface area contributed by atoms with E-state index in [1.165, 1.54) is 19.1 Å². The summed E-state index contributed by atoms with van der Waals surface area (Å²) < 4.78 is 24.0. The molecule has 3 aliphatic carbocycles. The van der Waals surface area contributed by atoms with Crippen LogP contribution < -0.4 is 0 Å². The van der Waals surface area contributed by atoms with Crippen molar-refractivity contribution in [1.29, 1.82) is 0 Å². The summed E-state index contributed by atoms with van der Waals surface area (Å²) in [6.45, 7) is 3.28. The number of aliphatic hydroxyl groups excluding tert-OH is 2. The lowest BCUT2D eigenvalue weighted by molar-refractivity contribution is -0.367. The number of ether oxygens (including phenoxy) is 4. The molecule has 4 aliphatic heterocycles. The van der Waals surface area contributed by atoms with Crippen LogP contribution in [0.2, 0.25) is 0 Å². The van der Waals surface area contributed by atoms with Gasteiger partial charge in [-0.3, -0.25) is 4.79 Å². The van der Waals surface area contributed by atoms with Crippen LogP contribution >= 0.6 is 0 Å². The highest BCUT2D eigenvalue weighted by Crippen LogP contribution is 2.73. The van der Waals surface area contributed by atoms with Crippen molar-refractivity contribution in [2.45, 2.75) is 101 Å². The molecule has 1 spiro atoms. The van der Waals surface area contributed by atoms with Gasteiger partial charge in [-0.05, 0) is 51.0 Å². The summed E-state index contributed by atoms with van der Waals surface area (Å²) in [4.78, 5) is 38.7. The van der Waals surface area contributed by atoms with Crippen molar-refractivity contribution in [3.63, 3.8) is 0 Å². The monoisotopic (exact) mass is 532 g/mol. The molecule has 38 heavy (non-hydrogen) atoms. The van der Waals surface area contributed by atoms with Crippen molar-refractivity contribution in [1.82, 2.24) is 0 Å². The van der Waals surface area contributed by atoms with Gasteiger partial charge in [-0.25, -0.2) is 9.59 Å². The number of esters is 2. The van der Waals surface area contributed by atoms with E-state index < -0.39 is 64.5 Å². The molecule has 10 nitrogen and oxygen atoms in total. The zero-order valence-corrected chi connectivity index (χ0v) is 21.8. The summed E-state index contributed by atoms with van der Waals surface area (Å²) in [5.41, 5.74) is -4.41. The van der Waals surface area contributed by atoms with Gasteiger partial charge in [0.25, 0.3) is 0 Å². The number of rotatable bonds is 1. The molecule has 7 aliphatic rings. The lowest BCUT2D eigenvalue weighted by atomic mass is 9.41. The summed E-state index contributed by atoms with van der Waals surface area (Å²) in [7, 11) is 0. The first-order valence-corrected chi connectivity index (χ1v) is 13.6. The Balaban J connectivity index is 1.41. The van der Waals surface area contributed by atoms with Crippen molar-refractivity contribution >= 4 is 17.7 Å². The van der Waals surface area contributed by atoms with E-state index in [9.17, 15) is 29.7 Å². The number of carbonyl (C=O) groups excluding carboxylic acids is 3. The third kappa shape index (κ3) is 3.27. The minimum Gasteiger partial charge on any atom is -0.462 e. The van der Waals surface area contributed by atoms with Crippen molar-refractivity contribution in [3.8, 4) is 0 Å². The molecule has 10 atom stereocenters. The molecule has 1 unspecified atom stereocenters. The maximum atomic E-state index is 13.1. The Labute approximate surface area is 220 Å². The van der Waals surface area contributed by atoms with Crippen LogP contribution in [0.3, 0.4) is 0 Å². The van der Waals surface area contributed by atoms with Gasteiger partial charge in [0, 0.05) is 35.3 Å². The van der Waals surface area contributed by atoms with E-state index in [0.29, 0.717) is 31.3 Å². The molecule has 3 saturated carbocycles. The van der Waals surface area contributed by atoms with Gasteiger partial charge < -0.3 is 34.3 Å². The molecule has 7 rings (SSSR count). The Morgan fingerprint density at radius 1 is 1.13 bits per heavy atom. The molecule has 8 bridgehead atoms. The number of ketones is 1. The standard InChI is InChI=1S/C28H36O10/c1-15(29)27-8-4-3-5-21(31)37-19-12-20-28(34)13-17-18(30)6-9-26(24(17)38-20,25(19,28)2)14-35-22(32)11-16(23(27)33)7-10-36-27/h3,5,11,17-20,23-24,30,33-34H,4,6-10,12-14H2,1-2H3/b5-3-,16-11+/t17-,18+,19-,20-,23-,24-,25?,26-,27-,28+/m1/s1. The van der Waals surface area contributed by atoms with Crippen molar-refractivity contribution in [2.24, 2.45) is 16.7 Å². The average molecular weight is 533 g/mol. The van der Waals surface area contributed by atoms with Gasteiger partial charge in [0.05, 0.1) is 24.9 Å². The highest BCUT2D eigenvalue weighted by molar-refractivity contribution is 5.88. The molecule has 4 heterocycles. The second-order valence-electron chi connectivity index (χ2n) is 12.2. The van der Waals surface area contributed by atoms with Crippen LogP contribution in [-0.2, 0) is 33.3 Å². The number of fused-ring (bicyclic) bond motifs is 2. The second kappa shape index (κ2) is 8.69. The lowest BCUT2D eigenvalue weighted by Gasteiger charge is -2.70. The number of hydrogen-bond acceptors (Lipinski definition) is 10. The minimum atomic E-state index is -1.53. The van der Waals surface area contributed by atoms with Gasteiger partial charge in [0.1, 0.15) is 24.4 Å². The lowest BCUT2D eigenvalue weighted by Crippen LogP contribution is -2.78. The SMILES string of the molecule is CC(=O)[C@@]12CC/C=C\C(=O)O[C@@H]3C[C@H]4O[C@@H]5[C@@H]6C[C@@]4(O)C3(C)[C@]5(CC[C@@H]6O)COC(=O)/C=C(\CCO1)[C@H]2O. The summed E-state index contributed by atoms with van der Waals surface area (Å²) in [5.74, 6) is -1.96. The van der Waals surface area contributed by atoms with E-state index >= 15 is 0 Å². The zero-order chi connectivity index (χ0) is 27.1. The van der Waals surface area contributed by atoms with Crippen molar-refractivity contribution < 1.29 is 48.7 Å². The van der Waals surface area contributed by atoms with Crippen LogP contribution in [0.5, 0.6) is 0 Å². The summed E-state index contributed by atoms with van der Waals surface area (Å²) in [6, 6.07) is 0. The van der Waals surface area contributed by atoms with E-state index in [1.807, 2.05) is 6.92 Å². The largest absolute Gasteiger partial charge is 0.462 e. The average Bonchev–Trinajstić information content (AvgIpc) is 3.02. The third-order valence-corrected chi connectivity index (χ3v) is 10.8. The predicted molar refractivity (Wildman–Crippen MR) is 129 cm³/mol. The fraction of sp³-hybridized carbons (Fsp3) is 0.750. The highest BCUT2D eigenvalue weighted by atomic mass is 16.6. The van der Waals surface area contributed by atoms with Gasteiger partial charge in [0.15, 0.2) is 11.4 Å². The molecule has 10 heteroatoms. The molecule has 0 aromatic carbocycles. The van der Waals surface area contributed by atoms with Crippen molar-refractivity contribution in [3.05, 3.63) is 23.8 Å². The predicted octanol–water partition coefficient (Wildman–Crippen LogP) is 0.896. The normalized spacial score (nSPS) is 52.4. The summed E-state index contributed by atoms with van der Waals surface area (Å²) in [5, 5.41) is 34.0. The fourth-order valence-electron chi connectivity index (χ4n) is 8.66. The number of hydrogen-bond donors (Lipinski definition) is 3. The molecule has 0 aromatic heterocycles. The van der Waals surface area contributed by atoms with Crippen LogP contribution in [0.25, 0.3) is 0 Å². The van der Waals surface area contributed by atoms with E-state index in [0.717, 1.165) is 0 Å². The summed E-state index contributed by atoms with van der Waals surface area (Å²) >= 11 is 0. The van der Waals surface area contributed by atoms with Gasteiger partial charge >= 0.3 is 11.9 Å². The van der Waals surface area contributed by atoms with Crippen molar-refractivity contribution in [2.75, 3.05) is 13.2 Å². The van der Waals surface area contributed by atoms with Crippen LogP contribution in [0, 0.1) is 16.7 Å². The van der Waals surface area contributed by atoms with E-state index in [2.05, 4.69) is 0 Å². The molecular weight excluding hydrogens is 496 g/mol. The Morgan fingerprint density at radius 3 is 2.68 bits per heavy atom. The number of cyclic esters (lactones) is 1. The number of Topliss-reactive ketones (excluding diaryl/α,β-unsaturated/α-hetero) is 1. The molecule has 0 radical (unpaired) electrons. The molecule has 208 valence electrons. The quantitative estimate of drug-likeness (QED) is 0.416. The second-order valence-corrected chi connectivity index (χ2v) is 12.2. The highest BCUT2D eigenvalue weighted by Gasteiger charge is 2.82. The first-order chi connectivity index (χ1) is 18.0. The molecule has 6 fully saturated rings. The maximum Gasteiger partial charge on any atom is 0.330 e. The number of carbonyl (C=O) groups is 3. The molecule has 3 saturated heterocycles. The Bertz CT molecular complexity index is 1110. The first kappa shape index (κ1) is 26.1. The Hall–Kier alpha value is -2.11. The van der Waals surface area contributed by atoms with E-state index in [-0.39, 0.29) is 44.2 Å². The fourth-order valence-corrected chi connectivity index (χ4v) is 8.66. The van der Waals surface area contributed by atoms with Crippen LogP contribution in [0.1, 0.15) is 58.8 Å². The summed E-state index contributed by atoms with van der Waals surface area (Å²) in [6.07, 6.45) is 2.54. The van der Waals surface area contributed by atoms with E-state index in [1.54, 1.807) is 6.08 Å². The third-order valence-electron chi connectivity index (χ3n) is 10.8. The topological polar surface area (TPSA) is 149 Å². The van der Waals surface area contributed by atoms with E-state index in [4.69, 9.17) is 18.9 Å². The zero-order valence-electron chi connectivity index (χ0n) is 21.8. The molecule has 0 amide bonds. The minimum absolute atomic E-state index is 0.108. The molecular formula is C28H36O10. The van der Waals surface area contributed by atoms with Crippen LogP contribution in [0.4, 0.5) is 0 Å². The van der Waals surface area contributed by atoms with Crippen LogP contribution in [-0.4, -0.2) is 88.0 Å². The Kier molecular flexibility index (Phi) is 5.98. The molecule has 3 N–H and O–H groups in total. The Morgan fingerprint density at radius 2 is 1.92 bits per heavy atom. The van der Waals surface area contributed by atoms with Gasteiger partial charge in [-0.1, -0.05) is 13.0 Å². The van der Waals surface area contributed by atoms with Gasteiger partial charge in [-0.15, -0.1) is 0 Å². The van der Waals surface area contributed by atoms with Crippen LogP contribution in [0.15, 0.2) is 23.8 Å². The smallest absolute Gasteiger partial charge is 0.330 e. The first-order valence-electron chi connectivity index (χ1n) is 13.6. The number of allylic oxidation sites excluding steroid dienone is 1. The molecule has 0 aromatic rings. The maximum absolute atomic E-state index is 13.1. The van der Waals surface area contributed by atoms with Gasteiger partial charge in [-0.2, -0.15) is 0 Å².